The third kappa shape index (κ3) is 4.06. The second-order valence-electron chi connectivity index (χ2n) is 2.80. The summed E-state index contributed by atoms with van der Waals surface area (Å²) < 4.78 is 5.43. The van der Waals surface area contributed by atoms with Gasteiger partial charge in [-0.25, -0.2) is 0 Å². The number of rotatable bonds is 4. The Morgan fingerprint density at radius 1 is 1.38 bits per heavy atom. The van der Waals surface area contributed by atoms with Crippen LogP contribution in [0.5, 0.6) is 0 Å². The van der Waals surface area contributed by atoms with Gasteiger partial charge in [0.05, 0.1) is 6.61 Å². The molecule has 0 fully saturated rings. The maximum atomic E-state index is 9.64. The van der Waals surface area contributed by atoms with Crippen LogP contribution in [0.2, 0.25) is 0 Å². The van der Waals surface area contributed by atoms with E-state index in [1.807, 2.05) is 37.3 Å². The largest absolute Gasteiger partial charge is 0.386 e. The van der Waals surface area contributed by atoms with Gasteiger partial charge in [-0.2, -0.15) is 0 Å². The summed E-state index contributed by atoms with van der Waals surface area (Å²) in [5.41, 5.74) is 0.902. The Hall–Kier alpha value is -0.130. The number of aliphatic hydroxyl groups excluding tert-OH is 1. The van der Waals surface area contributed by atoms with Crippen molar-refractivity contribution in [3.05, 3.63) is 35.9 Å². The fourth-order valence-corrected chi connectivity index (χ4v) is 1.20. The van der Waals surface area contributed by atoms with Crippen molar-refractivity contribution in [1.82, 2.24) is 0 Å². The van der Waals surface area contributed by atoms with E-state index < -0.39 is 6.10 Å². The van der Waals surface area contributed by atoms with E-state index in [4.69, 9.17) is 4.74 Å². The molecule has 0 aromatic heterocycles. The van der Waals surface area contributed by atoms with E-state index >= 15 is 0 Å². The van der Waals surface area contributed by atoms with Crippen molar-refractivity contribution < 1.29 is 9.84 Å². The van der Waals surface area contributed by atoms with Gasteiger partial charge in [0.15, 0.2) is 0 Å². The summed E-state index contributed by atoms with van der Waals surface area (Å²) in [5.74, 6) is 0. The van der Waals surface area contributed by atoms with Crippen LogP contribution >= 0.6 is 22.6 Å². The fraction of sp³-hybridized carbons (Fsp3) is 0.400. The van der Waals surface area contributed by atoms with Crippen molar-refractivity contribution in [2.75, 3.05) is 6.61 Å². The Labute approximate surface area is 92.1 Å². The first-order chi connectivity index (χ1) is 6.20. The highest BCUT2D eigenvalue weighted by Crippen LogP contribution is 2.14. The molecular weight excluding hydrogens is 279 g/mol. The van der Waals surface area contributed by atoms with Crippen LogP contribution in [0.25, 0.3) is 0 Å². The molecule has 0 radical (unpaired) electrons. The Kier molecular flexibility index (Phi) is 4.69. The number of ether oxygens (including phenoxy) is 1. The minimum absolute atomic E-state index is 0.135. The SMILES string of the molecule is CC(I)OC[C@@H](O)c1ccccc1. The summed E-state index contributed by atoms with van der Waals surface area (Å²) in [7, 11) is 0. The minimum Gasteiger partial charge on any atom is -0.386 e. The van der Waals surface area contributed by atoms with Crippen molar-refractivity contribution in [1.29, 1.82) is 0 Å². The average molecular weight is 292 g/mol. The first kappa shape index (κ1) is 10.9. The summed E-state index contributed by atoms with van der Waals surface area (Å²) >= 11 is 2.16. The van der Waals surface area contributed by atoms with Gasteiger partial charge in [-0.3, -0.25) is 0 Å². The predicted molar refractivity (Wildman–Crippen MR) is 60.8 cm³/mol. The van der Waals surface area contributed by atoms with E-state index in [-0.39, 0.29) is 4.11 Å². The molecule has 3 heteroatoms. The van der Waals surface area contributed by atoms with Gasteiger partial charge in [0.2, 0.25) is 0 Å². The molecule has 1 aromatic carbocycles. The molecule has 0 aliphatic carbocycles. The van der Waals surface area contributed by atoms with E-state index in [1.54, 1.807) is 0 Å². The van der Waals surface area contributed by atoms with Crippen LogP contribution in [0, 0.1) is 0 Å². The molecule has 2 atom stereocenters. The number of hydrogen-bond acceptors (Lipinski definition) is 2. The molecule has 2 nitrogen and oxygen atoms in total. The second-order valence-corrected chi connectivity index (χ2v) is 4.56. The minimum atomic E-state index is -0.515. The Morgan fingerprint density at radius 3 is 2.54 bits per heavy atom. The molecule has 0 bridgehead atoms. The van der Waals surface area contributed by atoms with Crippen molar-refractivity contribution in [2.24, 2.45) is 0 Å². The molecular formula is C10H13IO2. The Bertz CT molecular complexity index is 236. The molecule has 0 amide bonds. The quantitative estimate of drug-likeness (QED) is 0.682. The predicted octanol–water partition coefficient (Wildman–Crippen LogP) is 2.52. The lowest BCUT2D eigenvalue weighted by atomic mass is 10.1. The van der Waals surface area contributed by atoms with Crippen molar-refractivity contribution in [3.8, 4) is 0 Å². The van der Waals surface area contributed by atoms with E-state index in [0.29, 0.717) is 6.61 Å². The molecule has 0 heterocycles. The first-order valence-electron chi connectivity index (χ1n) is 4.19. The van der Waals surface area contributed by atoms with E-state index in [2.05, 4.69) is 22.6 Å². The summed E-state index contributed by atoms with van der Waals surface area (Å²) in [6, 6.07) is 9.54. The molecule has 1 unspecified atom stereocenters. The Morgan fingerprint density at radius 2 is 2.00 bits per heavy atom. The van der Waals surface area contributed by atoms with Crippen LogP contribution in [0.15, 0.2) is 30.3 Å². The third-order valence-electron chi connectivity index (χ3n) is 1.67. The highest BCUT2D eigenvalue weighted by molar-refractivity contribution is 14.1. The van der Waals surface area contributed by atoms with Gasteiger partial charge in [0, 0.05) is 0 Å². The van der Waals surface area contributed by atoms with Gasteiger partial charge in [-0.1, -0.05) is 52.9 Å². The lowest BCUT2D eigenvalue weighted by molar-refractivity contribution is 0.0353. The Balaban J connectivity index is 2.44. The zero-order valence-corrected chi connectivity index (χ0v) is 9.64. The van der Waals surface area contributed by atoms with Crippen molar-refractivity contribution >= 4 is 22.6 Å². The molecule has 0 saturated carbocycles. The number of alkyl halides is 1. The van der Waals surface area contributed by atoms with Gasteiger partial charge in [0.25, 0.3) is 0 Å². The molecule has 0 spiro atoms. The van der Waals surface area contributed by atoms with Crippen LogP contribution in [-0.2, 0) is 4.74 Å². The second kappa shape index (κ2) is 5.57. The molecule has 72 valence electrons. The number of aliphatic hydroxyl groups is 1. The van der Waals surface area contributed by atoms with Crippen molar-refractivity contribution in [3.63, 3.8) is 0 Å². The molecule has 1 rings (SSSR count). The van der Waals surface area contributed by atoms with Gasteiger partial charge < -0.3 is 9.84 Å². The molecule has 0 saturated heterocycles. The summed E-state index contributed by atoms with van der Waals surface area (Å²) in [6.45, 7) is 2.30. The smallest absolute Gasteiger partial charge is 0.106 e. The maximum Gasteiger partial charge on any atom is 0.106 e. The average Bonchev–Trinajstić information content (AvgIpc) is 2.15. The first-order valence-corrected chi connectivity index (χ1v) is 5.43. The van der Waals surface area contributed by atoms with Crippen LogP contribution in [0.1, 0.15) is 18.6 Å². The molecule has 1 aromatic rings. The molecule has 0 aliphatic rings. The van der Waals surface area contributed by atoms with Crippen LogP contribution in [0.3, 0.4) is 0 Å². The van der Waals surface area contributed by atoms with Crippen LogP contribution < -0.4 is 0 Å². The maximum absolute atomic E-state index is 9.64. The van der Waals surface area contributed by atoms with E-state index in [0.717, 1.165) is 5.56 Å². The molecule has 13 heavy (non-hydrogen) atoms. The lowest BCUT2D eigenvalue weighted by Crippen LogP contribution is -2.09. The zero-order chi connectivity index (χ0) is 9.68. The van der Waals surface area contributed by atoms with Crippen LogP contribution in [0.4, 0.5) is 0 Å². The molecule has 0 aliphatic heterocycles. The summed E-state index contributed by atoms with van der Waals surface area (Å²) in [5, 5.41) is 9.64. The van der Waals surface area contributed by atoms with Crippen LogP contribution in [-0.4, -0.2) is 15.8 Å². The molecule has 1 N–H and O–H groups in total. The number of benzene rings is 1. The third-order valence-corrected chi connectivity index (χ3v) is 2.03. The lowest BCUT2D eigenvalue weighted by Gasteiger charge is -2.12. The van der Waals surface area contributed by atoms with Gasteiger partial charge in [0.1, 0.15) is 10.2 Å². The standard InChI is InChI=1S/C10H13IO2/c1-8(11)13-7-10(12)9-5-3-2-4-6-9/h2-6,8,10,12H,7H2,1H3/t8?,10-/m1/s1. The topological polar surface area (TPSA) is 29.5 Å². The van der Waals surface area contributed by atoms with Gasteiger partial charge in [-0.05, 0) is 12.5 Å². The number of halogens is 1. The zero-order valence-electron chi connectivity index (χ0n) is 7.48. The van der Waals surface area contributed by atoms with E-state index in [1.165, 1.54) is 0 Å². The normalized spacial score (nSPS) is 15.3. The highest BCUT2D eigenvalue weighted by Gasteiger charge is 2.07. The fourth-order valence-electron chi connectivity index (χ4n) is 0.995. The highest BCUT2D eigenvalue weighted by atomic mass is 127. The number of hydrogen-bond donors (Lipinski definition) is 1. The van der Waals surface area contributed by atoms with Crippen molar-refractivity contribution in [2.45, 2.75) is 17.1 Å². The summed E-state index contributed by atoms with van der Waals surface area (Å²) in [4.78, 5) is 0. The monoisotopic (exact) mass is 292 g/mol. The summed E-state index contributed by atoms with van der Waals surface area (Å²) in [6.07, 6.45) is -0.515. The van der Waals surface area contributed by atoms with Gasteiger partial charge in [-0.15, -0.1) is 0 Å². The van der Waals surface area contributed by atoms with E-state index in [9.17, 15) is 5.11 Å². The van der Waals surface area contributed by atoms with Gasteiger partial charge >= 0.3 is 0 Å².